The molecule has 1 aliphatic heterocycles. The van der Waals surface area contributed by atoms with E-state index in [1.165, 1.54) is 0 Å². The molecule has 0 fully saturated rings. The van der Waals surface area contributed by atoms with Crippen molar-refractivity contribution in [2.45, 2.75) is 13.0 Å². The van der Waals surface area contributed by atoms with Gasteiger partial charge in [-0.3, -0.25) is 4.79 Å². The molecule has 0 radical (unpaired) electrons. The van der Waals surface area contributed by atoms with Crippen LogP contribution >= 0.6 is 0 Å². The van der Waals surface area contributed by atoms with Gasteiger partial charge in [-0.25, -0.2) is 0 Å². The largest absolute Gasteiger partial charge is 0.489 e. The van der Waals surface area contributed by atoms with Gasteiger partial charge in [0.1, 0.15) is 6.61 Å². The predicted octanol–water partition coefficient (Wildman–Crippen LogP) is 0.602. The zero-order valence-corrected chi connectivity index (χ0v) is 9.69. The normalized spacial score (nSPS) is 15.2. The van der Waals surface area contributed by atoms with E-state index in [9.17, 15) is 4.79 Å². The Kier molecular flexibility index (Phi) is 3.49. The Hall–Kier alpha value is -1.75. The summed E-state index contributed by atoms with van der Waals surface area (Å²) in [6.07, 6.45) is -0.558. The molecular weight excluding hydrogens is 220 g/mol. The number of carbonyl (C=O) groups is 1. The van der Waals surface area contributed by atoms with Gasteiger partial charge >= 0.3 is 0 Å². The van der Waals surface area contributed by atoms with E-state index < -0.39 is 6.10 Å². The number of para-hydroxylation sites is 1. The van der Waals surface area contributed by atoms with Crippen molar-refractivity contribution in [3.05, 3.63) is 23.8 Å². The first kappa shape index (κ1) is 11.7. The van der Waals surface area contributed by atoms with Crippen molar-refractivity contribution in [1.29, 1.82) is 0 Å². The lowest BCUT2D eigenvalue weighted by Crippen LogP contribution is -2.31. The molecule has 17 heavy (non-hydrogen) atoms. The third-order valence-corrected chi connectivity index (χ3v) is 2.48. The highest BCUT2D eigenvalue weighted by Gasteiger charge is 2.18. The maximum absolute atomic E-state index is 11.9. The standard InChI is InChI=1S/C12H16N2O3/c1-8(15)7-14-12(16)9-3-2-4-10-11(9)17-6-5-13-10/h2-4,8,13,15H,5-7H2,1H3,(H,14,16)/t8-/m1/s1. The Labute approximate surface area is 99.8 Å². The van der Waals surface area contributed by atoms with Crippen LogP contribution in [0.4, 0.5) is 5.69 Å². The maximum Gasteiger partial charge on any atom is 0.255 e. The third-order valence-electron chi connectivity index (χ3n) is 2.48. The lowest BCUT2D eigenvalue weighted by molar-refractivity contribution is 0.0920. The number of carbonyl (C=O) groups excluding carboxylic acids is 1. The molecule has 1 atom stereocenters. The number of aliphatic hydroxyl groups is 1. The van der Waals surface area contributed by atoms with E-state index in [0.717, 1.165) is 12.2 Å². The molecule has 0 saturated heterocycles. The molecule has 1 aromatic carbocycles. The molecule has 1 heterocycles. The smallest absolute Gasteiger partial charge is 0.255 e. The Morgan fingerprint density at radius 3 is 3.24 bits per heavy atom. The zero-order chi connectivity index (χ0) is 12.3. The second-order valence-corrected chi connectivity index (χ2v) is 4.02. The van der Waals surface area contributed by atoms with Crippen LogP contribution in [0, 0.1) is 0 Å². The Morgan fingerprint density at radius 2 is 2.47 bits per heavy atom. The Bertz CT molecular complexity index is 418. The number of fused-ring (bicyclic) bond motifs is 1. The molecule has 5 heteroatoms. The summed E-state index contributed by atoms with van der Waals surface area (Å²) in [4.78, 5) is 11.9. The molecule has 92 valence electrons. The highest BCUT2D eigenvalue weighted by Crippen LogP contribution is 2.30. The number of aliphatic hydroxyl groups excluding tert-OH is 1. The second kappa shape index (κ2) is 5.05. The van der Waals surface area contributed by atoms with Crippen molar-refractivity contribution in [2.75, 3.05) is 25.0 Å². The average Bonchev–Trinajstić information content (AvgIpc) is 2.35. The highest BCUT2D eigenvalue weighted by atomic mass is 16.5. The van der Waals surface area contributed by atoms with Gasteiger partial charge in [0.05, 0.1) is 17.4 Å². The van der Waals surface area contributed by atoms with Gasteiger partial charge in [0, 0.05) is 13.1 Å². The van der Waals surface area contributed by atoms with Gasteiger partial charge in [0.25, 0.3) is 5.91 Å². The molecule has 0 unspecified atom stereocenters. The maximum atomic E-state index is 11.9. The van der Waals surface area contributed by atoms with Crippen LogP contribution in [0.25, 0.3) is 0 Å². The molecule has 0 aliphatic carbocycles. The SMILES string of the molecule is C[C@@H](O)CNC(=O)c1cccc2c1OCCN2. The Morgan fingerprint density at radius 1 is 1.65 bits per heavy atom. The first-order valence-electron chi connectivity index (χ1n) is 5.64. The van der Waals surface area contributed by atoms with E-state index in [1.807, 2.05) is 6.07 Å². The molecule has 3 N–H and O–H groups in total. The monoisotopic (exact) mass is 236 g/mol. The predicted molar refractivity (Wildman–Crippen MR) is 64.4 cm³/mol. The molecular formula is C12H16N2O3. The zero-order valence-electron chi connectivity index (χ0n) is 9.69. The summed E-state index contributed by atoms with van der Waals surface area (Å²) >= 11 is 0. The number of nitrogens with one attached hydrogen (secondary N) is 2. The second-order valence-electron chi connectivity index (χ2n) is 4.02. The van der Waals surface area contributed by atoms with Crippen LogP contribution < -0.4 is 15.4 Å². The number of hydrogen-bond acceptors (Lipinski definition) is 4. The van der Waals surface area contributed by atoms with Crippen molar-refractivity contribution < 1.29 is 14.6 Å². The van der Waals surface area contributed by atoms with Crippen molar-refractivity contribution in [1.82, 2.24) is 5.32 Å². The lowest BCUT2D eigenvalue weighted by Gasteiger charge is -2.21. The van der Waals surface area contributed by atoms with E-state index >= 15 is 0 Å². The van der Waals surface area contributed by atoms with Crippen LogP contribution in [0.5, 0.6) is 5.75 Å². The van der Waals surface area contributed by atoms with Gasteiger partial charge in [0.2, 0.25) is 0 Å². The van der Waals surface area contributed by atoms with Gasteiger partial charge in [0.15, 0.2) is 5.75 Å². The van der Waals surface area contributed by atoms with Gasteiger partial charge < -0.3 is 20.5 Å². The summed E-state index contributed by atoms with van der Waals surface area (Å²) in [6.45, 7) is 3.15. The number of hydrogen-bond donors (Lipinski definition) is 3. The van der Waals surface area contributed by atoms with Crippen LogP contribution in [0.2, 0.25) is 0 Å². The summed E-state index contributed by atoms with van der Waals surface area (Å²) in [5.74, 6) is 0.355. The number of amides is 1. The van der Waals surface area contributed by atoms with E-state index in [0.29, 0.717) is 17.9 Å². The first-order valence-corrected chi connectivity index (χ1v) is 5.64. The number of ether oxygens (including phenoxy) is 1. The molecule has 0 spiro atoms. The van der Waals surface area contributed by atoms with Crippen LogP contribution in [-0.4, -0.2) is 36.8 Å². The molecule has 0 aromatic heterocycles. The quantitative estimate of drug-likeness (QED) is 0.719. The van der Waals surface area contributed by atoms with Gasteiger partial charge in [-0.15, -0.1) is 0 Å². The van der Waals surface area contributed by atoms with E-state index in [1.54, 1.807) is 19.1 Å². The first-order chi connectivity index (χ1) is 8.18. The van der Waals surface area contributed by atoms with Crippen molar-refractivity contribution in [3.8, 4) is 5.75 Å². The van der Waals surface area contributed by atoms with Crippen molar-refractivity contribution in [3.63, 3.8) is 0 Å². The molecule has 5 nitrogen and oxygen atoms in total. The Balaban J connectivity index is 2.17. The molecule has 1 aromatic rings. The molecule has 1 aliphatic rings. The topological polar surface area (TPSA) is 70.6 Å². The fourth-order valence-electron chi connectivity index (χ4n) is 1.68. The van der Waals surface area contributed by atoms with Gasteiger partial charge in [-0.1, -0.05) is 6.07 Å². The van der Waals surface area contributed by atoms with E-state index in [4.69, 9.17) is 9.84 Å². The van der Waals surface area contributed by atoms with Crippen LogP contribution in [0.3, 0.4) is 0 Å². The number of benzene rings is 1. The van der Waals surface area contributed by atoms with E-state index in [-0.39, 0.29) is 12.5 Å². The summed E-state index contributed by atoms with van der Waals surface area (Å²) in [5.41, 5.74) is 1.33. The highest BCUT2D eigenvalue weighted by molar-refractivity contribution is 5.98. The average molecular weight is 236 g/mol. The van der Waals surface area contributed by atoms with Crippen molar-refractivity contribution >= 4 is 11.6 Å². The van der Waals surface area contributed by atoms with E-state index in [2.05, 4.69) is 10.6 Å². The molecule has 0 bridgehead atoms. The fraction of sp³-hybridized carbons (Fsp3) is 0.417. The summed E-state index contributed by atoms with van der Waals surface area (Å²) in [7, 11) is 0. The fourth-order valence-corrected chi connectivity index (χ4v) is 1.68. The molecule has 0 saturated carbocycles. The minimum atomic E-state index is -0.558. The summed E-state index contributed by atoms with van der Waals surface area (Å²) in [6, 6.07) is 5.39. The molecule has 2 rings (SSSR count). The summed E-state index contributed by atoms with van der Waals surface area (Å²) < 4.78 is 5.50. The summed E-state index contributed by atoms with van der Waals surface area (Å²) in [5, 5.41) is 14.9. The van der Waals surface area contributed by atoms with Gasteiger partial charge in [-0.05, 0) is 19.1 Å². The van der Waals surface area contributed by atoms with Gasteiger partial charge in [-0.2, -0.15) is 0 Å². The third kappa shape index (κ3) is 2.68. The van der Waals surface area contributed by atoms with Crippen molar-refractivity contribution in [2.24, 2.45) is 0 Å². The van der Waals surface area contributed by atoms with Crippen LogP contribution in [0.1, 0.15) is 17.3 Å². The minimum Gasteiger partial charge on any atom is -0.489 e. The van der Waals surface area contributed by atoms with Crippen LogP contribution in [-0.2, 0) is 0 Å². The number of rotatable bonds is 3. The number of anilines is 1. The lowest BCUT2D eigenvalue weighted by atomic mass is 10.1. The minimum absolute atomic E-state index is 0.230. The van der Waals surface area contributed by atoms with Crippen LogP contribution in [0.15, 0.2) is 18.2 Å². The molecule has 1 amide bonds.